The highest BCUT2D eigenvalue weighted by Gasteiger charge is 2.12. The predicted octanol–water partition coefficient (Wildman–Crippen LogP) is 3.72. The molecule has 1 aromatic carbocycles. The number of ether oxygens (including phenoxy) is 1. The van der Waals surface area contributed by atoms with Crippen LogP contribution in [0.2, 0.25) is 0 Å². The second-order valence-electron chi connectivity index (χ2n) is 5.19. The Morgan fingerprint density at radius 1 is 1.04 bits per heavy atom. The van der Waals surface area contributed by atoms with Gasteiger partial charge in [0.15, 0.2) is 0 Å². The van der Waals surface area contributed by atoms with Gasteiger partial charge in [-0.1, -0.05) is 6.07 Å². The second-order valence-corrected chi connectivity index (χ2v) is 5.19. The number of nitrogens with one attached hydrogen (secondary N) is 1. The molecule has 4 aromatic rings. The van der Waals surface area contributed by atoms with Crippen molar-refractivity contribution >= 4 is 16.7 Å². The normalized spacial score (nSPS) is 10.7. The van der Waals surface area contributed by atoms with E-state index in [4.69, 9.17) is 4.74 Å². The van der Waals surface area contributed by atoms with Crippen LogP contribution in [-0.4, -0.2) is 24.9 Å². The summed E-state index contributed by atoms with van der Waals surface area (Å²) in [6, 6.07) is 13.3. The molecule has 1 N–H and O–H groups in total. The molecule has 0 aliphatic carbocycles. The van der Waals surface area contributed by atoms with Crippen LogP contribution in [0.5, 0.6) is 11.6 Å². The summed E-state index contributed by atoms with van der Waals surface area (Å²) in [4.78, 5) is 26.1. The van der Waals surface area contributed by atoms with Crippen molar-refractivity contribution in [3.63, 3.8) is 0 Å². The van der Waals surface area contributed by atoms with Crippen LogP contribution >= 0.6 is 0 Å². The van der Waals surface area contributed by atoms with Crippen LogP contribution in [-0.2, 0) is 0 Å². The quantitative estimate of drug-likeness (QED) is 0.450. The van der Waals surface area contributed by atoms with E-state index in [2.05, 4.69) is 19.9 Å². The molecule has 0 amide bonds. The maximum atomic E-state index is 10.7. The van der Waals surface area contributed by atoms with Gasteiger partial charge in [-0.3, -0.25) is 15.1 Å². The Bertz CT molecular complexity index is 1050. The van der Waals surface area contributed by atoms with Gasteiger partial charge < -0.3 is 9.72 Å². The lowest BCUT2D eigenvalue weighted by Crippen LogP contribution is -1.91. The van der Waals surface area contributed by atoms with Crippen molar-refractivity contribution in [1.82, 2.24) is 19.9 Å². The Balaban J connectivity index is 1.70. The van der Waals surface area contributed by atoms with Crippen LogP contribution < -0.4 is 4.74 Å². The third kappa shape index (κ3) is 2.88. The fourth-order valence-corrected chi connectivity index (χ4v) is 2.41. The lowest BCUT2D eigenvalue weighted by atomic mass is 10.2. The van der Waals surface area contributed by atoms with Crippen LogP contribution in [0.4, 0.5) is 5.69 Å². The van der Waals surface area contributed by atoms with Gasteiger partial charge in [0.1, 0.15) is 17.7 Å². The molecule has 0 unspecified atom stereocenters. The van der Waals surface area contributed by atoms with E-state index in [-0.39, 0.29) is 5.69 Å². The monoisotopic (exact) mass is 333 g/mol. The van der Waals surface area contributed by atoms with E-state index in [9.17, 15) is 10.1 Å². The van der Waals surface area contributed by atoms with Gasteiger partial charge in [-0.25, -0.2) is 9.97 Å². The van der Waals surface area contributed by atoms with Crippen LogP contribution in [0.3, 0.4) is 0 Å². The fraction of sp³-hybridized carbons (Fsp3) is 0. The van der Waals surface area contributed by atoms with E-state index in [1.165, 1.54) is 30.6 Å². The molecule has 0 radical (unpaired) electrons. The zero-order chi connectivity index (χ0) is 17.2. The molecule has 3 aromatic heterocycles. The summed E-state index contributed by atoms with van der Waals surface area (Å²) in [5.41, 5.74) is 2.19. The van der Waals surface area contributed by atoms with Crippen LogP contribution in [0.15, 0.2) is 61.1 Å². The summed E-state index contributed by atoms with van der Waals surface area (Å²) in [5.74, 6) is 0.809. The van der Waals surface area contributed by atoms with Crippen molar-refractivity contribution < 1.29 is 9.66 Å². The Morgan fingerprint density at radius 3 is 2.60 bits per heavy atom. The first-order chi connectivity index (χ1) is 12.2. The summed E-state index contributed by atoms with van der Waals surface area (Å²) < 4.78 is 5.76. The van der Waals surface area contributed by atoms with Crippen molar-refractivity contribution in [1.29, 1.82) is 0 Å². The number of non-ortho nitro benzene ring substituents is 1. The first kappa shape index (κ1) is 14.8. The third-order valence-electron chi connectivity index (χ3n) is 3.59. The van der Waals surface area contributed by atoms with Gasteiger partial charge in [-0.15, -0.1) is 0 Å². The maximum Gasteiger partial charge on any atom is 0.269 e. The molecule has 3 heterocycles. The topological polar surface area (TPSA) is 107 Å². The molecule has 0 fully saturated rings. The average molecular weight is 333 g/mol. The summed E-state index contributed by atoms with van der Waals surface area (Å²) in [6.07, 6.45) is 3.10. The number of rotatable bonds is 4. The molecule has 0 saturated carbocycles. The number of pyridine rings is 1. The number of hydrogen-bond donors (Lipinski definition) is 1. The highest BCUT2D eigenvalue weighted by atomic mass is 16.6. The van der Waals surface area contributed by atoms with E-state index in [1.54, 1.807) is 6.20 Å². The standard InChI is InChI=1S/C17H11N5O3/c23-22(24)11-4-6-12(7-5-11)25-17-13-9-15(14-3-1-2-8-18-14)21-16(13)19-10-20-17/h1-10H,(H,19,20,21). The number of aromatic nitrogens is 4. The number of fused-ring (bicyclic) bond motifs is 1. The number of H-pyrrole nitrogens is 1. The van der Waals surface area contributed by atoms with Crippen molar-refractivity contribution in [3.05, 3.63) is 71.2 Å². The van der Waals surface area contributed by atoms with Gasteiger partial charge in [0, 0.05) is 18.3 Å². The Morgan fingerprint density at radius 2 is 1.88 bits per heavy atom. The molecule has 25 heavy (non-hydrogen) atoms. The average Bonchev–Trinajstić information content (AvgIpc) is 3.08. The SMILES string of the molecule is O=[N+]([O-])c1ccc(Oc2ncnc3[nH]c(-c4ccccn4)cc23)cc1. The van der Waals surface area contributed by atoms with Gasteiger partial charge in [-0.05, 0) is 30.3 Å². The molecule has 0 spiro atoms. The zero-order valence-electron chi connectivity index (χ0n) is 12.8. The number of nitrogens with zero attached hydrogens (tertiary/aromatic N) is 4. The molecule has 8 heteroatoms. The second kappa shape index (κ2) is 6.00. The summed E-state index contributed by atoms with van der Waals surface area (Å²) in [6.45, 7) is 0. The Hall–Kier alpha value is -3.81. The van der Waals surface area contributed by atoms with E-state index in [1.807, 2.05) is 24.3 Å². The highest BCUT2D eigenvalue weighted by molar-refractivity contribution is 5.86. The summed E-state index contributed by atoms with van der Waals surface area (Å²) in [7, 11) is 0. The Labute approximate surface area is 141 Å². The lowest BCUT2D eigenvalue weighted by Gasteiger charge is -2.04. The van der Waals surface area contributed by atoms with Crippen molar-refractivity contribution in [2.75, 3.05) is 0 Å². The van der Waals surface area contributed by atoms with Gasteiger partial charge in [-0.2, -0.15) is 0 Å². The first-order valence-electron chi connectivity index (χ1n) is 7.38. The molecule has 0 bridgehead atoms. The van der Waals surface area contributed by atoms with Crippen LogP contribution in [0, 0.1) is 10.1 Å². The van der Waals surface area contributed by atoms with Crippen molar-refractivity contribution in [2.24, 2.45) is 0 Å². The van der Waals surface area contributed by atoms with Gasteiger partial charge in [0.2, 0.25) is 5.88 Å². The molecular formula is C17H11N5O3. The first-order valence-corrected chi connectivity index (χ1v) is 7.38. The number of nitro benzene ring substituents is 1. The molecule has 122 valence electrons. The predicted molar refractivity (Wildman–Crippen MR) is 90.3 cm³/mol. The Kier molecular flexibility index (Phi) is 3.55. The summed E-state index contributed by atoms with van der Waals surface area (Å²) >= 11 is 0. The third-order valence-corrected chi connectivity index (χ3v) is 3.59. The van der Waals surface area contributed by atoms with Crippen LogP contribution in [0.25, 0.3) is 22.4 Å². The number of aromatic amines is 1. The number of benzene rings is 1. The molecule has 4 rings (SSSR count). The number of hydrogen-bond acceptors (Lipinski definition) is 6. The van der Waals surface area contributed by atoms with E-state index in [0.29, 0.717) is 22.7 Å². The molecule has 8 nitrogen and oxygen atoms in total. The van der Waals surface area contributed by atoms with Crippen molar-refractivity contribution in [3.8, 4) is 23.0 Å². The van der Waals surface area contributed by atoms with Gasteiger partial charge in [0.25, 0.3) is 5.69 Å². The summed E-state index contributed by atoms with van der Waals surface area (Å²) in [5, 5.41) is 11.4. The minimum Gasteiger partial charge on any atom is -0.438 e. The van der Waals surface area contributed by atoms with Gasteiger partial charge in [0.05, 0.1) is 21.7 Å². The number of nitro groups is 1. The zero-order valence-corrected chi connectivity index (χ0v) is 12.8. The smallest absolute Gasteiger partial charge is 0.269 e. The van der Waals surface area contributed by atoms with E-state index < -0.39 is 4.92 Å². The van der Waals surface area contributed by atoms with Crippen molar-refractivity contribution in [2.45, 2.75) is 0 Å². The molecular weight excluding hydrogens is 322 g/mol. The minimum atomic E-state index is -0.460. The highest BCUT2D eigenvalue weighted by Crippen LogP contribution is 2.30. The molecule has 0 saturated heterocycles. The van der Waals surface area contributed by atoms with E-state index >= 15 is 0 Å². The molecule has 0 aliphatic heterocycles. The molecule has 0 atom stereocenters. The maximum absolute atomic E-state index is 10.7. The fourth-order valence-electron chi connectivity index (χ4n) is 2.41. The van der Waals surface area contributed by atoms with E-state index in [0.717, 1.165) is 11.4 Å². The largest absolute Gasteiger partial charge is 0.438 e. The van der Waals surface area contributed by atoms with Gasteiger partial charge >= 0.3 is 0 Å². The minimum absolute atomic E-state index is 0.000679. The molecule has 0 aliphatic rings. The van der Waals surface area contributed by atoms with Crippen LogP contribution in [0.1, 0.15) is 0 Å². The lowest BCUT2D eigenvalue weighted by molar-refractivity contribution is -0.384.